The van der Waals surface area contributed by atoms with Crippen LogP contribution in [0.1, 0.15) is 38.8 Å². The van der Waals surface area contributed by atoms with Crippen LogP contribution in [-0.2, 0) is 4.74 Å². The third-order valence-corrected chi connectivity index (χ3v) is 5.16. The number of fused-ring (bicyclic) bond motifs is 1. The molecule has 146 valence electrons. The van der Waals surface area contributed by atoms with Crippen LogP contribution in [0.4, 0.5) is 4.79 Å². The molecule has 1 aliphatic rings. The summed E-state index contributed by atoms with van der Waals surface area (Å²) in [6.07, 6.45) is 2.25. The molecule has 1 saturated heterocycles. The molecule has 1 aromatic heterocycles. The van der Waals surface area contributed by atoms with E-state index in [0.717, 1.165) is 15.4 Å². The Kier molecular flexibility index (Phi) is 5.25. The molecule has 1 unspecified atom stereocenters. The molecule has 0 saturated carbocycles. The standard InChI is InChI=1S/C20H25BrN2O4/c1-12-10-23(14-6-7-22(11-14)19(25)27-20(2,3)4)18(24)17-15(12)8-13(21)9-16(17)26-5/h8-10,14H,6-7,11H2,1-5H3. The lowest BCUT2D eigenvalue weighted by Gasteiger charge is -2.24. The molecule has 0 aliphatic carbocycles. The summed E-state index contributed by atoms with van der Waals surface area (Å²) in [4.78, 5) is 27.2. The summed E-state index contributed by atoms with van der Waals surface area (Å²) in [5, 5.41) is 1.43. The Bertz CT molecular complexity index is 946. The lowest BCUT2D eigenvalue weighted by molar-refractivity contribution is 0.0289. The fourth-order valence-electron chi connectivity index (χ4n) is 3.47. The predicted molar refractivity (Wildman–Crippen MR) is 109 cm³/mol. The number of aromatic nitrogens is 1. The first-order chi connectivity index (χ1) is 12.6. The molecular formula is C20H25BrN2O4. The summed E-state index contributed by atoms with van der Waals surface area (Å²) in [7, 11) is 1.56. The van der Waals surface area contributed by atoms with E-state index in [2.05, 4.69) is 15.9 Å². The highest BCUT2D eigenvalue weighted by molar-refractivity contribution is 9.10. The van der Waals surface area contributed by atoms with Gasteiger partial charge in [0, 0.05) is 23.8 Å². The third kappa shape index (κ3) is 3.98. The van der Waals surface area contributed by atoms with Crippen molar-refractivity contribution in [3.63, 3.8) is 0 Å². The van der Waals surface area contributed by atoms with Crippen molar-refractivity contribution in [2.45, 2.75) is 45.8 Å². The molecule has 1 aliphatic heterocycles. The van der Waals surface area contributed by atoms with Crippen molar-refractivity contribution in [2.24, 2.45) is 0 Å². The normalized spacial score (nSPS) is 17.4. The maximum absolute atomic E-state index is 13.2. The van der Waals surface area contributed by atoms with Gasteiger partial charge in [-0.3, -0.25) is 4.79 Å². The zero-order valence-electron chi connectivity index (χ0n) is 16.3. The molecule has 0 bridgehead atoms. The number of benzene rings is 1. The first kappa shape index (κ1) is 19.7. The molecule has 3 rings (SSSR count). The summed E-state index contributed by atoms with van der Waals surface area (Å²) in [5.41, 5.74) is 0.350. The van der Waals surface area contributed by atoms with Crippen LogP contribution in [-0.4, -0.2) is 41.4 Å². The van der Waals surface area contributed by atoms with E-state index < -0.39 is 5.60 Å². The van der Waals surface area contributed by atoms with Gasteiger partial charge in [0.05, 0.1) is 18.5 Å². The third-order valence-electron chi connectivity index (χ3n) is 4.70. The number of aryl methyl sites for hydroxylation is 1. The van der Waals surface area contributed by atoms with Crippen LogP contribution in [0.25, 0.3) is 10.8 Å². The number of rotatable bonds is 2. The summed E-state index contributed by atoms with van der Waals surface area (Å²) >= 11 is 3.47. The number of carbonyl (C=O) groups is 1. The number of carbonyl (C=O) groups excluding carboxylic acids is 1. The van der Waals surface area contributed by atoms with Gasteiger partial charge in [-0.25, -0.2) is 4.79 Å². The van der Waals surface area contributed by atoms with Gasteiger partial charge in [0.15, 0.2) is 0 Å². The highest BCUT2D eigenvalue weighted by Gasteiger charge is 2.31. The fraction of sp³-hybridized carbons (Fsp3) is 0.500. The van der Waals surface area contributed by atoms with E-state index in [1.807, 2.05) is 40.0 Å². The molecular weight excluding hydrogens is 412 g/mol. The van der Waals surface area contributed by atoms with Crippen molar-refractivity contribution < 1.29 is 14.3 Å². The van der Waals surface area contributed by atoms with Gasteiger partial charge in [0.25, 0.3) is 5.56 Å². The molecule has 0 radical (unpaired) electrons. The minimum Gasteiger partial charge on any atom is -0.496 e. The number of nitrogens with zero attached hydrogens (tertiary/aromatic N) is 2. The molecule has 2 aromatic rings. The maximum atomic E-state index is 13.2. The molecule has 1 atom stereocenters. The Morgan fingerprint density at radius 3 is 2.63 bits per heavy atom. The Morgan fingerprint density at radius 2 is 2.00 bits per heavy atom. The van der Waals surface area contributed by atoms with Crippen LogP contribution >= 0.6 is 15.9 Å². The number of amides is 1. The molecule has 1 aromatic carbocycles. The number of hydrogen-bond acceptors (Lipinski definition) is 4. The number of hydrogen-bond donors (Lipinski definition) is 0. The summed E-state index contributed by atoms with van der Waals surface area (Å²) in [5.74, 6) is 0.545. The highest BCUT2D eigenvalue weighted by Crippen LogP contribution is 2.31. The fourth-order valence-corrected chi connectivity index (χ4v) is 3.91. The smallest absolute Gasteiger partial charge is 0.410 e. The average Bonchev–Trinajstić information content (AvgIpc) is 3.05. The van der Waals surface area contributed by atoms with Gasteiger partial charge in [-0.05, 0) is 57.2 Å². The van der Waals surface area contributed by atoms with E-state index in [4.69, 9.17) is 9.47 Å². The van der Waals surface area contributed by atoms with Crippen molar-refractivity contribution in [3.05, 3.63) is 38.7 Å². The van der Waals surface area contributed by atoms with E-state index in [-0.39, 0.29) is 17.7 Å². The molecule has 0 spiro atoms. The Labute approximate surface area is 167 Å². The zero-order chi connectivity index (χ0) is 19.9. The van der Waals surface area contributed by atoms with Crippen molar-refractivity contribution in [1.82, 2.24) is 9.47 Å². The maximum Gasteiger partial charge on any atom is 0.410 e. The van der Waals surface area contributed by atoms with Crippen molar-refractivity contribution in [1.29, 1.82) is 0 Å². The van der Waals surface area contributed by atoms with E-state index >= 15 is 0 Å². The Balaban J connectivity index is 1.97. The average molecular weight is 437 g/mol. The quantitative estimate of drug-likeness (QED) is 0.705. The van der Waals surface area contributed by atoms with E-state index in [1.165, 1.54) is 0 Å². The zero-order valence-corrected chi connectivity index (χ0v) is 17.9. The van der Waals surface area contributed by atoms with Gasteiger partial charge in [0.2, 0.25) is 0 Å². The second kappa shape index (κ2) is 7.19. The topological polar surface area (TPSA) is 60.8 Å². The van der Waals surface area contributed by atoms with Crippen LogP contribution in [0, 0.1) is 6.92 Å². The number of methoxy groups -OCH3 is 1. The molecule has 7 heteroatoms. The van der Waals surface area contributed by atoms with Crippen molar-refractivity contribution >= 4 is 32.8 Å². The molecule has 27 heavy (non-hydrogen) atoms. The number of halogens is 1. The minimum absolute atomic E-state index is 0.0820. The molecule has 1 fully saturated rings. The van der Waals surface area contributed by atoms with Crippen molar-refractivity contribution in [3.8, 4) is 5.75 Å². The summed E-state index contributed by atoms with van der Waals surface area (Å²) < 4.78 is 13.5. The number of pyridine rings is 1. The van der Waals surface area contributed by atoms with Gasteiger partial charge in [-0.1, -0.05) is 15.9 Å². The predicted octanol–water partition coefficient (Wildman–Crippen LogP) is 4.26. The summed E-state index contributed by atoms with van der Waals surface area (Å²) in [6.45, 7) is 8.55. The van der Waals surface area contributed by atoms with Gasteiger partial charge in [0.1, 0.15) is 11.4 Å². The minimum atomic E-state index is -0.535. The second-order valence-corrected chi connectivity index (χ2v) is 8.84. The van der Waals surface area contributed by atoms with E-state index in [9.17, 15) is 9.59 Å². The molecule has 6 nitrogen and oxygen atoms in total. The SMILES string of the molecule is COc1cc(Br)cc2c(C)cn(C3CCN(C(=O)OC(C)(C)C)C3)c(=O)c12. The molecule has 1 amide bonds. The van der Waals surface area contributed by atoms with Crippen LogP contribution in [0.5, 0.6) is 5.75 Å². The monoisotopic (exact) mass is 436 g/mol. The summed E-state index contributed by atoms with van der Waals surface area (Å²) in [6, 6.07) is 3.65. The van der Waals surface area contributed by atoms with Gasteiger partial charge in [-0.15, -0.1) is 0 Å². The second-order valence-electron chi connectivity index (χ2n) is 7.92. The lowest BCUT2D eigenvalue weighted by atomic mass is 10.1. The van der Waals surface area contributed by atoms with Gasteiger partial charge >= 0.3 is 6.09 Å². The van der Waals surface area contributed by atoms with Crippen LogP contribution in [0.15, 0.2) is 27.6 Å². The molecule has 0 N–H and O–H groups in total. The van der Waals surface area contributed by atoms with Crippen LogP contribution < -0.4 is 10.3 Å². The molecule has 2 heterocycles. The van der Waals surface area contributed by atoms with E-state index in [1.54, 1.807) is 22.6 Å². The van der Waals surface area contributed by atoms with Crippen molar-refractivity contribution in [2.75, 3.05) is 20.2 Å². The first-order valence-corrected chi connectivity index (χ1v) is 9.77. The Hall–Kier alpha value is -2.02. The largest absolute Gasteiger partial charge is 0.496 e. The van der Waals surface area contributed by atoms with E-state index in [0.29, 0.717) is 30.6 Å². The van der Waals surface area contributed by atoms with Gasteiger partial charge in [-0.2, -0.15) is 0 Å². The number of ether oxygens (including phenoxy) is 2. The lowest BCUT2D eigenvalue weighted by Crippen LogP contribution is -2.36. The van der Waals surface area contributed by atoms with Gasteiger partial charge < -0.3 is 18.9 Å². The van der Waals surface area contributed by atoms with Crippen LogP contribution in [0.2, 0.25) is 0 Å². The highest BCUT2D eigenvalue weighted by atomic mass is 79.9. The number of likely N-dealkylation sites (tertiary alicyclic amines) is 1. The first-order valence-electron chi connectivity index (χ1n) is 8.97. The van der Waals surface area contributed by atoms with Crippen LogP contribution in [0.3, 0.4) is 0 Å². The Morgan fingerprint density at radius 1 is 1.30 bits per heavy atom.